The summed E-state index contributed by atoms with van der Waals surface area (Å²) < 4.78 is 5.40. The minimum absolute atomic E-state index is 0.414. The van der Waals surface area contributed by atoms with Crippen molar-refractivity contribution in [2.24, 2.45) is 0 Å². The number of benzene rings is 1. The monoisotopic (exact) mass is 180 g/mol. The maximum atomic E-state index is 9.66. The van der Waals surface area contributed by atoms with Gasteiger partial charge in [0.15, 0.2) is 0 Å². The standard InChI is InChI=1S/C11H16O2/c1-3-10(12)9-7-5-6-8-11(9)13-4-2/h5-8,10,12H,3-4H2,1-2H3/t10-/m0/s1. The fourth-order valence-corrected chi connectivity index (χ4v) is 1.26. The molecule has 2 heteroatoms. The molecule has 2 nitrogen and oxygen atoms in total. The molecule has 13 heavy (non-hydrogen) atoms. The van der Waals surface area contributed by atoms with Gasteiger partial charge in [0.05, 0.1) is 12.7 Å². The van der Waals surface area contributed by atoms with Crippen LogP contribution in [0.2, 0.25) is 0 Å². The van der Waals surface area contributed by atoms with E-state index in [0.717, 1.165) is 11.3 Å². The molecule has 0 bridgehead atoms. The van der Waals surface area contributed by atoms with Crippen LogP contribution in [-0.4, -0.2) is 11.7 Å². The van der Waals surface area contributed by atoms with Crippen molar-refractivity contribution < 1.29 is 9.84 Å². The van der Waals surface area contributed by atoms with Gasteiger partial charge in [-0.15, -0.1) is 0 Å². The summed E-state index contributed by atoms with van der Waals surface area (Å²) in [5, 5.41) is 9.66. The number of hydrogen-bond acceptors (Lipinski definition) is 2. The molecule has 0 aliphatic rings. The third-order valence-corrected chi connectivity index (χ3v) is 1.96. The molecule has 0 aliphatic carbocycles. The maximum Gasteiger partial charge on any atom is 0.125 e. The van der Waals surface area contributed by atoms with Crippen LogP contribution < -0.4 is 4.74 Å². The van der Waals surface area contributed by atoms with Crippen molar-refractivity contribution in [3.05, 3.63) is 29.8 Å². The first-order chi connectivity index (χ1) is 6.29. The molecule has 1 N–H and O–H groups in total. The fraction of sp³-hybridized carbons (Fsp3) is 0.455. The van der Waals surface area contributed by atoms with E-state index in [1.54, 1.807) is 0 Å². The van der Waals surface area contributed by atoms with Crippen molar-refractivity contribution in [2.45, 2.75) is 26.4 Å². The first-order valence-electron chi connectivity index (χ1n) is 4.69. The van der Waals surface area contributed by atoms with Gasteiger partial charge in [-0.1, -0.05) is 25.1 Å². The van der Waals surface area contributed by atoms with Gasteiger partial charge in [-0.25, -0.2) is 0 Å². The zero-order valence-electron chi connectivity index (χ0n) is 8.16. The molecule has 0 aromatic heterocycles. The predicted octanol–water partition coefficient (Wildman–Crippen LogP) is 2.53. The minimum Gasteiger partial charge on any atom is -0.493 e. The molecule has 0 aliphatic heterocycles. The second-order valence-corrected chi connectivity index (χ2v) is 2.89. The molecule has 1 aromatic carbocycles. The van der Waals surface area contributed by atoms with E-state index in [1.165, 1.54) is 0 Å². The normalized spacial score (nSPS) is 12.5. The quantitative estimate of drug-likeness (QED) is 0.771. The van der Waals surface area contributed by atoms with Crippen LogP contribution >= 0.6 is 0 Å². The SMILES string of the molecule is CCOc1ccccc1[C@@H](O)CC. The molecule has 0 saturated carbocycles. The third-order valence-electron chi connectivity index (χ3n) is 1.96. The van der Waals surface area contributed by atoms with E-state index in [4.69, 9.17) is 4.74 Å². The van der Waals surface area contributed by atoms with Gasteiger partial charge in [-0.3, -0.25) is 0 Å². The molecule has 1 atom stereocenters. The van der Waals surface area contributed by atoms with Crippen LogP contribution in [-0.2, 0) is 0 Å². The summed E-state index contributed by atoms with van der Waals surface area (Å²) in [6.45, 7) is 4.52. The van der Waals surface area contributed by atoms with Crippen LogP contribution in [0, 0.1) is 0 Å². The zero-order valence-corrected chi connectivity index (χ0v) is 8.16. The molecule has 72 valence electrons. The largest absolute Gasteiger partial charge is 0.493 e. The summed E-state index contributed by atoms with van der Waals surface area (Å²) in [6, 6.07) is 7.62. The molecular weight excluding hydrogens is 164 g/mol. The Morgan fingerprint density at radius 2 is 2.00 bits per heavy atom. The highest BCUT2D eigenvalue weighted by molar-refractivity contribution is 5.34. The highest BCUT2D eigenvalue weighted by Crippen LogP contribution is 2.26. The van der Waals surface area contributed by atoms with Crippen LogP contribution in [0.4, 0.5) is 0 Å². The first-order valence-corrected chi connectivity index (χ1v) is 4.69. The molecule has 0 heterocycles. The van der Waals surface area contributed by atoms with Gasteiger partial charge in [0.2, 0.25) is 0 Å². The van der Waals surface area contributed by atoms with E-state index >= 15 is 0 Å². The molecule has 0 unspecified atom stereocenters. The first kappa shape index (κ1) is 10.1. The Kier molecular flexibility index (Phi) is 3.77. The van der Waals surface area contributed by atoms with Gasteiger partial charge in [0.1, 0.15) is 5.75 Å². The maximum absolute atomic E-state index is 9.66. The minimum atomic E-state index is -0.414. The third kappa shape index (κ3) is 2.46. The molecule has 0 radical (unpaired) electrons. The van der Waals surface area contributed by atoms with Crippen LogP contribution in [0.25, 0.3) is 0 Å². The molecule has 0 fully saturated rings. The Morgan fingerprint density at radius 1 is 1.31 bits per heavy atom. The lowest BCUT2D eigenvalue weighted by Crippen LogP contribution is -2.01. The van der Waals surface area contributed by atoms with Gasteiger partial charge in [-0.2, -0.15) is 0 Å². The van der Waals surface area contributed by atoms with Gasteiger partial charge >= 0.3 is 0 Å². The Morgan fingerprint density at radius 3 is 2.62 bits per heavy atom. The van der Waals surface area contributed by atoms with Crippen molar-refractivity contribution in [3.8, 4) is 5.75 Å². The van der Waals surface area contributed by atoms with E-state index in [2.05, 4.69) is 0 Å². The number of hydrogen-bond donors (Lipinski definition) is 1. The van der Waals surface area contributed by atoms with Crippen molar-refractivity contribution in [1.29, 1.82) is 0 Å². The Balaban J connectivity index is 2.90. The fourth-order valence-electron chi connectivity index (χ4n) is 1.26. The average molecular weight is 180 g/mol. The highest BCUT2D eigenvalue weighted by atomic mass is 16.5. The number of aliphatic hydroxyl groups is 1. The molecule has 1 aromatic rings. The lowest BCUT2D eigenvalue weighted by Gasteiger charge is -2.13. The Bertz CT molecular complexity index is 258. The Labute approximate surface area is 79.2 Å². The number of ether oxygens (including phenoxy) is 1. The van der Waals surface area contributed by atoms with Crippen LogP contribution in [0.3, 0.4) is 0 Å². The lowest BCUT2D eigenvalue weighted by molar-refractivity contribution is 0.168. The zero-order chi connectivity index (χ0) is 9.68. The summed E-state index contributed by atoms with van der Waals surface area (Å²) in [5.74, 6) is 0.791. The second kappa shape index (κ2) is 4.87. The summed E-state index contributed by atoms with van der Waals surface area (Å²) in [6.07, 6.45) is 0.298. The van der Waals surface area contributed by atoms with Crippen molar-refractivity contribution >= 4 is 0 Å². The summed E-state index contributed by atoms with van der Waals surface area (Å²) in [4.78, 5) is 0. The van der Waals surface area contributed by atoms with Crippen molar-refractivity contribution in [2.75, 3.05) is 6.61 Å². The second-order valence-electron chi connectivity index (χ2n) is 2.89. The average Bonchev–Trinajstić information content (AvgIpc) is 2.18. The molecular formula is C11H16O2. The number of rotatable bonds is 4. The van der Waals surface area contributed by atoms with Crippen molar-refractivity contribution in [3.63, 3.8) is 0 Å². The lowest BCUT2D eigenvalue weighted by atomic mass is 10.1. The summed E-state index contributed by atoms with van der Waals surface area (Å²) >= 11 is 0. The highest BCUT2D eigenvalue weighted by Gasteiger charge is 2.09. The summed E-state index contributed by atoms with van der Waals surface area (Å²) in [5.41, 5.74) is 0.881. The van der Waals surface area contributed by atoms with Crippen LogP contribution in [0.5, 0.6) is 5.75 Å². The van der Waals surface area contributed by atoms with E-state index in [0.29, 0.717) is 13.0 Å². The number of para-hydroxylation sites is 1. The van der Waals surface area contributed by atoms with Crippen LogP contribution in [0.1, 0.15) is 31.9 Å². The van der Waals surface area contributed by atoms with E-state index in [9.17, 15) is 5.11 Å². The van der Waals surface area contributed by atoms with Gasteiger partial charge < -0.3 is 9.84 Å². The summed E-state index contributed by atoms with van der Waals surface area (Å²) in [7, 11) is 0. The van der Waals surface area contributed by atoms with E-state index in [1.807, 2.05) is 38.1 Å². The molecule has 0 amide bonds. The molecule has 1 rings (SSSR count). The van der Waals surface area contributed by atoms with E-state index < -0.39 is 6.10 Å². The van der Waals surface area contributed by atoms with E-state index in [-0.39, 0.29) is 0 Å². The topological polar surface area (TPSA) is 29.5 Å². The van der Waals surface area contributed by atoms with Gasteiger partial charge in [0.25, 0.3) is 0 Å². The number of aliphatic hydroxyl groups excluding tert-OH is 1. The molecule has 0 saturated heterocycles. The van der Waals surface area contributed by atoms with Crippen molar-refractivity contribution in [1.82, 2.24) is 0 Å². The predicted molar refractivity (Wildman–Crippen MR) is 52.9 cm³/mol. The Hall–Kier alpha value is -1.02. The molecule has 0 spiro atoms. The van der Waals surface area contributed by atoms with Gasteiger partial charge in [-0.05, 0) is 19.4 Å². The smallest absolute Gasteiger partial charge is 0.125 e. The van der Waals surface area contributed by atoms with Gasteiger partial charge in [0, 0.05) is 5.56 Å². The van der Waals surface area contributed by atoms with Crippen LogP contribution in [0.15, 0.2) is 24.3 Å².